The molecule has 3 N–H and O–H groups in total. The molecule has 1 aliphatic heterocycles. The van der Waals surface area contributed by atoms with E-state index in [0.29, 0.717) is 18.5 Å². The second-order valence-electron chi connectivity index (χ2n) is 4.45. The monoisotopic (exact) mass is 273 g/mol. The third kappa shape index (κ3) is 2.95. The quantitative estimate of drug-likeness (QED) is 0.711. The van der Waals surface area contributed by atoms with Crippen molar-refractivity contribution in [2.75, 3.05) is 13.2 Å². The normalized spacial score (nSPS) is 17.4. The number of hydrogen-bond acceptors (Lipinski definition) is 4. The summed E-state index contributed by atoms with van der Waals surface area (Å²) in [5, 5.41) is 8.60. The van der Waals surface area contributed by atoms with Crippen molar-refractivity contribution in [1.82, 2.24) is 9.88 Å². The number of likely N-dealkylation sites (tertiary alicyclic amines) is 1. The van der Waals surface area contributed by atoms with Crippen LogP contribution in [0, 0.1) is 11.8 Å². The van der Waals surface area contributed by atoms with Crippen LogP contribution < -0.4 is 5.73 Å². The number of aromatic nitrogens is 1. The van der Waals surface area contributed by atoms with E-state index in [-0.39, 0.29) is 18.2 Å². The molecule has 1 aromatic rings. The third-order valence-corrected chi connectivity index (χ3v) is 3.14. The van der Waals surface area contributed by atoms with E-state index in [1.54, 1.807) is 12.1 Å². The minimum atomic E-state index is -0.543. The lowest BCUT2D eigenvalue weighted by atomic mass is 10.2. The molecule has 1 atom stereocenters. The number of aliphatic hydroxyl groups is 1. The van der Waals surface area contributed by atoms with Crippen molar-refractivity contribution in [3.05, 3.63) is 29.6 Å². The average Bonchev–Trinajstić information content (AvgIpc) is 2.94. The molecule has 1 aliphatic rings. The highest BCUT2D eigenvalue weighted by atomic mass is 16.2. The van der Waals surface area contributed by atoms with E-state index in [4.69, 9.17) is 10.8 Å². The van der Waals surface area contributed by atoms with Crippen LogP contribution in [0.2, 0.25) is 0 Å². The molecule has 6 heteroatoms. The molecule has 0 bridgehead atoms. The van der Waals surface area contributed by atoms with Gasteiger partial charge in [0.1, 0.15) is 18.3 Å². The number of hydrogen-bond donors (Lipinski definition) is 2. The third-order valence-electron chi connectivity index (χ3n) is 3.14. The average molecular weight is 273 g/mol. The maximum Gasteiger partial charge on any atom is 0.273 e. The van der Waals surface area contributed by atoms with Crippen LogP contribution in [0.3, 0.4) is 0 Å². The van der Waals surface area contributed by atoms with Gasteiger partial charge in [0.25, 0.3) is 5.91 Å². The van der Waals surface area contributed by atoms with E-state index in [1.807, 2.05) is 0 Å². The summed E-state index contributed by atoms with van der Waals surface area (Å²) >= 11 is 0. The Morgan fingerprint density at radius 3 is 2.90 bits per heavy atom. The van der Waals surface area contributed by atoms with Crippen molar-refractivity contribution >= 4 is 11.8 Å². The van der Waals surface area contributed by atoms with Crippen LogP contribution in [-0.4, -0.2) is 46.0 Å². The Balaban J connectivity index is 2.15. The Bertz CT molecular complexity index is 572. The highest BCUT2D eigenvalue weighted by Gasteiger charge is 2.33. The molecule has 0 aliphatic carbocycles. The molecule has 1 unspecified atom stereocenters. The fourth-order valence-corrected chi connectivity index (χ4v) is 2.19. The van der Waals surface area contributed by atoms with E-state index in [0.717, 1.165) is 6.42 Å². The summed E-state index contributed by atoms with van der Waals surface area (Å²) in [5.74, 6) is 4.41. The number of primary amides is 1. The standard InChI is InChI=1S/C14H15N3O3/c15-13(19)12-4-1-7-17(12)14(20)11-6-5-10(9-16-11)3-2-8-18/h5-6,9,12,18H,1,4,7-8H2,(H2,15,19). The summed E-state index contributed by atoms with van der Waals surface area (Å²) in [6.07, 6.45) is 2.83. The Hall–Kier alpha value is -2.39. The fourth-order valence-electron chi connectivity index (χ4n) is 2.19. The van der Waals surface area contributed by atoms with Crippen molar-refractivity contribution in [3.63, 3.8) is 0 Å². The van der Waals surface area contributed by atoms with Crippen molar-refractivity contribution in [3.8, 4) is 11.8 Å². The molecule has 104 valence electrons. The molecule has 0 radical (unpaired) electrons. The van der Waals surface area contributed by atoms with Gasteiger partial charge in [-0.3, -0.25) is 9.59 Å². The van der Waals surface area contributed by atoms with Gasteiger partial charge in [-0.1, -0.05) is 11.8 Å². The van der Waals surface area contributed by atoms with Gasteiger partial charge in [0.05, 0.1) is 0 Å². The smallest absolute Gasteiger partial charge is 0.273 e. The van der Waals surface area contributed by atoms with Gasteiger partial charge in [-0.25, -0.2) is 4.98 Å². The molecular weight excluding hydrogens is 258 g/mol. The summed E-state index contributed by atoms with van der Waals surface area (Å²) in [7, 11) is 0. The second-order valence-corrected chi connectivity index (χ2v) is 4.45. The minimum absolute atomic E-state index is 0.227. The van der Waals surface area contributed by atoms with Crippen LogP contribution in [0.15, 0.2) is 18.3 Å². The number of nitrogens with zero attached hydrogens (tertiary/aromatic N) is 2. The first-order valence-electron chi connectivity index (χ1n) is 6.29. The van der Waals surface area contributed by atoms with Gasteiger partial charge in [-0.2, -0.15) is 0 Å². The molecule has 0 saturated carbocycles. The zero-order valence-corrected chi connectivity index (χ0v) is 10.9. The van der Waals surface area contributed by atoms with Gasteiger partial charge < -0.3 is 15.7 Å². The summed E-state index contributed by atoms with van der Waals surface area (Å²) in [4.78, 5) is 29.1. The topological polar surface area (TPSA) is 96.5 Å². The first-order chi connectivity index (χ1) is 9.63. The van der Waals surface area contributed by atoms with Crippen molar-refractivity contribution in [2.24, 2.45) is 5.73 Å². The SMILES string of the molecule is NC(=O)C1CCCN1C(=O)c1ccc(C#CCO)cn1. The van der Waals surface area contributed by atoms with Gasteiger partial charge in [0.15, 0.2) is 0 Å². The number of aliphatic hydroxyl groups excluding tert-OH is 1. The zero-order chi connectivity index (χ0) is 14.5. The van der Waals surface area contributed by atoms with E-state index in [9.17, 15) is 9.59 Å². The van der Waals surface area contributed by atoms with E-state index < -0.39 is 11.9 Å². The molecule has 2 heterocycles. The number of carbonyl (C=O) groups excluding carboxylic acids is 2. The summed E-state index contributed by atoms with van der Waals surface area (Å²) in [5.41, 5.74) is 6.16. The largest absolute Gasteiger partial charge is 0.384 e. The highest BCUT2D eigenvalue weighted by molar-refractivity contribution is 5.96. The summed E-state index contributed by atoms with van der Waals surface area (Å²) in [6.45, 7) is 0.287. The summed E-state index contributed by atoms with van der Waals surface area (Å²) < 4.78 is 0. The number of rotatable bonds is 2. The lowest BCUT2D eigenvalue weighted by Crippen LogP contribution is -2.43. The van der Waals surface area contributed by atoms with Crippen molar-refractivity contribution < 1.29 is 14.7 Å². The number of carbonyl (C=O) groups is 2. The molecule has 2 rings (SSSR count). The van der Waals surface area contributed by atoms with Gasteiger partial charge in [-0.15, -0.1) is 0 Å². The van der Waals surface area contributed by atoms with Crippen LogP contribution in [0.1, 0.15) is 28.9 Å². The van der Waals surface area contributed by atoms with Crippen molar-refractivity contribution in [2.45, 2.75) is 18.9 Å². The van der Waals surface area contributed by atoms with Crippen LogP contribution in [0.4, 0.5) is 0 Å². The fraction of sp³-hybridized carbons (Fsp3) is 0.357. The highest BCUT2D eigenvalue weighted by Crippen LogP contribution is 2.19. The molecular formula is C14H15N3O3. The van der Waals surface area contributed by atoms with Crippen molar-refractivity contribution in [1.29, 1.82) is 0 Å². The first-order valence-corrected chi connectivity index (χ1v) is 6.29. The molecule has 1 saturated heterocycles. The predicted octanol–water partition coefficient (Wildman–Crippen LogP) is -0.485. The Morgan fingerprint density at radius 2 is 2.30 bits per heavy atom. The Kier molecular flexibility index (Phi) is 4.33. The van der Waals surface area contributed by atoms with E-state index >= 15 is 0 Å². The molecule has 1 aromatic heterocycles. The van der Waals surface area contributed by atoms with E-state index in [1.165, 1.54) is 11.1 Å². The molecule has 1 fully saturated rings. The van der Waals surface area contributed by atoms with Gasteiger partial charge in [-0.05, 0) is 25.0 Å². The lowest BCUT2D eigenvalue weighted by Gasteiger charge is -2.21. The molecule has 0 aromatic carbocycles. The Labute approximate surface area is 116 Å². The summed E-state index contributed by atoms with van der Waals surface area (Å²) in [6, 6.07) is 2.66. The van der Waals surface area contributed by atoms with Gasteiger partial charge in [0, 0.05) is 18.3 Å². The van der Waals surface area contributed by atoms with Gasteiger partial charge in [0.2, 0.25) is 5.91 Å². The molecule has 6 nitrogen and oxygen atoms in total. The van der Waals surface area contributed by atoms with Crippen LogP contribution >= 0.6 is 0 Å². The number of nitrogens with two attached hydrogens (primary N) is 1. The molecule has 20 heavy (non-hydrogen) atoms. The first kappa shape index (κ1) is 14.0. The van der Waals surface area contributed by atoms with Crippen LogP contribution in [0.5, 0.6) is 0 Å². The number of amides is 2. The minimum Gasteiger partial charge on any atom is -0.384 e. The lowest BCUT2D eigenvalue weighted by molar-refractivity contribution is -0.121. The van der Waals surface area contributed by atoms with Crippen LogP contribution in [0.25, 0.3) is 0 Å². The second kappa shape index (κ2) is 6.17. The Morgan fingerprint density at radius 1 is 1.50 bits per heavy atom. The predicted molar refractivity (Wildman–Crippen MR) is 71.5 cm³/mol. The maximum absolute atomic E-state index is 12.3. The zero-order valence-electron chi connectivity index (χ0n) is 10.9. The van der Waals surface area contributed by atoms with E-state index in [2.05, 4.69) is 16.8 Å². The number of pyridine rings is 1. The molecule has 0 spiro atoms. The van der Waals surface area contributed by atoms with Gasteiger partial charge >= 0.3 is 0 Å². The maximum atomic E-state index is 12.3. The molecule has 2 amide bonds. The van der Waals surface area contributed by atoms with Crippen LogP contribution in [-0.2, 0) is 4.79 Å².